The van der Waals surface area contributed by atoms with Crippen LogP contribution >= 0.6 is 0 Å². The smallest absolute Gasteiger partial charge is 0.00794 e. The fourth-order valence-corrected chi connectivity index (χ4v) is 2.34. The van der Waals surface area contributed by atoms with Gasteiger partial charge in [-0.15, -0.1) is 0 Å². The van der Waals surface area contributed by atoms with Crippen molar-refractivity contribution in [2.24, 2.45) is 5.73 Å². The van der Waals surface area contributed by atoms with Gasteiger partial charge >= 0.3 is 0 Å². The molecule has 1 unspecified atom stereocenters. The predicted octanol–water partition coefficient (Wildman–Crippen LogP) is 3.89. The lowest BCUT2D eigenvalue weighted by Crippen LogP contribution is -2.22. The van der Waals surface area contributed by atoms with Gasteiger partial charge in [-0.2, -0.15) is 0 Å². The van der Waals surface area contributed by atoms with Crippen LogP contribution in [-0.2, 0) is 12.8 Å². The minimum absolute atomic E-state index is 0.270. The van der Waals surface area contributed by atoms with E-state index in [2.05, 4.69) is 61.5 Å². The molecule has 1 nitrogen and oxygen atoms in total. The van der Waals surface area contributed by atoms with Crippen molar-refractivity contribution in [3.63, 3.8) is 0 Å². The lowest BCUT2D eigenvalue weighted by Gasteiger charge is -2.11. The molecule has 0 aromatic heterocycles. The van der Waals surface area contributed by atoms with Gasteiger partial charge in [0.05, 0.1) is 0 Å². The lowest BCUT2D eigenvalue weighted by atomic mass is 9.99. The second kappa shape index (κ2) is 7.10. The summed E-state index contributed by atoms with van der Waals surface area (Å²) < 4.78 is 0. The second-order valence-corrected chi connectivity index (χ2v) is 5.33. The number of benzene rings is 2. The Morgan fingerprint density at radius 2 is 1.58 bits per heavy atom. The number of nitrogens with two attached hydrogens (primary N) is 1. The molecule has 0 amide bonds. The zero-order chi connectivity index (χ0) is 13.5. The Labute approximate surface area is 116 Å². The Balaban J connectivity index is 1.73. The molecule has 1 atom stereocenters. The summed E-state index contributed by atoms with van der Waals surface area (Å²) in [6.45, 7) is 2.11. The van der Waals surface area contributed by atoms with Gasteiger partial charge in [-0.05, 0) is 43.7 Å². The van der Waals surface area contributed by atoms with E-state index < -0.39 is 0 Å². The van der Waals surface area contributed by atoms with E-state index in [4.69, 9.17) is 5.73 Å². The number of hydrogen-bond donors (Lipinski definition) is 1. The molecule has 0 aliphatic heterocycles. The largest absolute Gasteiger partial charge is 0.327 e. The molecule has 0 aliphatic carbocycles. The molecule has 0 aliphatic rings. The van der Waals surface area contributed by atoms with E-state index in [0.717, 1.165) is 25.7 Å². The van der Waals surface area contributed by atoms with Crippen LogP contribution in [0, 0.1) is 6.92 Å². The standard InChI is InChI=1S/C18H23N/c1-15-10-12-17(13-11-15)14-18(19)9-5-8-16-6-3-2-4-7-16/h2-4,6-7,10-13,18H,5,8-9,14,19H2,1H3. The molecule has 100 valence electrons. The summed E-state index contributed by atoms with van der Waals surface area (Å²) in [5.74, 6) is 0. The van der Waals surface area contributed by atoms with Crippen LogP contribution in [0.2, 0.25) is 0 Å². The Hall–Kier alpha value is -1.60. The highest BCUT2D eigenvalue weighted by Crippen LogP contribution is 2.10. The number of aryl methyl sites for hydroxylation is 2. The van der Waals surface area contributed by atoms with E-state index in [0.29, 0.717) is 0 Å². The normalized spacial score (nSPS) is 12.3. The van der Waals surface area contributed by atoms with Crippen LogP contribution in [0.3, 0.4) is 0 Å². The van der Waals surface area contributed by atoms with Crippen LogP contribution in [0.25, 0.3) is 0 Å². The molecule has 0 saturated heterocycles. The molecule has 0 fully saturated rings. The Kier molecular flexibility index (Phi) is 5.17. The molecule has 2 aromatic carbocycles. The van der Waals surface area contributed by atoms with Gasteiger partial charge < -0.3 is 5.73 Å². The van der Waals surface area contributed by atoms with Gasteiger partial charge in [0, 0.05) is 6.04 Å². The summed E-state index contributed by atoms with van der Waals surface area (Å²) in [5.41, 5.74) is 10.3. The van der Waals surface area contributed by atoms with Crippen molar-refractivity contribution in [3.8, 4) is 0 Å². The SMILES string of the molecule is Cc1ccc(CC(N)CCCc2ccccc2)cc1. The summed E-state index contributed by atoms with van der Waals surface area (Å²) in [7, 11) is 0. The zero-order valence-corrected chi connectivity index (χ0v) is 11.7. The van der Waals surface area contributed by atoms with Gasteiger partial charge in [0.1, 0.15) is 0 Å². The van der Waals surface area contributed by atoms with E-state index in [1.54, 1.807) is 0 Å². The van der Waals surface area contributed by atoms with Gasteiger partial charge in [-0.25, -0.2) is 0 Å². The highest BCUT2D eigenvalue weighted by molar-refractivity contribution is 5.22. The van der Waals surface area contributed by atoms with Crippen molar-refractivity contribution >= 4 is 0 Å². The zero-order valence-electron chi connectivity index (χ0n) is 11.7. The third kappa shape index (κ3) is 4.88. The molecular formula is C18H23N. The molecule has 0 spiro atoms. The first-order valence-corrected chi connectivity index (χ1v) is 7.09. The molecule has 2 rings (SSSR count). The van der Waals surface area contributed by atoms with Crippen molar-refractivity contribution < 1.29 is 0 Å². The Morgan fingerprint density at radius 3 is 2.26 bits per heavy atom. The average Bonchev–Trinajstić information content (AvgIpc) is 2.43. The fourth-order valence-electron chi connectivity index (χ4n) is 2.34. The summed E-state index contributed by atoms with van der Waals surface area (Å²) in [5, 5.41) is 0. The summed E-state index contributed by atoms with van der Waals surface area (Å²) in [6.07, 6.45) is 4.36. The van der Waals surface area contributed by atoms with E-state index in [1.165, 1.54) is 16.7 Å². The quantitative estimate of drug-likeness (QED) is 0.830. The monoisotopic (exact) mass is 253 g/mol. The third-order valence-corrected chi connectivity index (χ3v) is 3.50. The molecule has 19 heavy (non-hydrogen) atoms. The maximum atomic E-state index is 6.21. The van der Waals surface area contributed by atoms with Crippen LogP contribution in [-0.4, -0.2) is 6.04 Å². The van der Waals surface area contributed by atoms with Crippen LogP contribution in [0.5, 0.6) is 0 Å². The van der Waals surface area contributed by atoms with Crippen molar-refractivity contribution in [3.05, 3.63) is 71.3 Å². The topological polar surface area (TPSA) is 26.0 Å². The van der Waals surface area contributed by atoms with Gasteiger partial charge in [-0.3, -0.25) is 0 Å². The van der Waals surface area contributed by atoms with Gasteiger partial charge in [0.2, 0.25) is 0 Å². The average molecular weight is 253 g/mol. The first-order chi connectivity index (χ1) is 9.24. The molecule has 2 N–H and O–H groups in total. The van der Waals surface area contributed by atoms with E-state index in [1.807, 2.05) is 0 Å². The van der Waals surface area contributed by atoms with Crippen LogP contribution in [0.1, 0.15) is 29.5 Å². The minimum atomic E-state index is 0.270. The second-order valence-electron chi connectivity index (χ2n) is 5.33. The lowest BCUT2D eigenvalue weighted by molar-refractivity contribution is 0.580. The summed E-state index contributed by atoms with van der Waals surface area (Å²) in [6, 6.07) is 19.6. The Bertz CT molecular complexity index is 473. The summed E-state index contributed by atoms with van der Waals surface area (Å²) in [4.78, 5) is 0. The number of rotatable bonds is 6. The number of hydrogen-bond acceptors (Lipinski definition) is 1. The third-order valence-electron chi connectivity index (χ3n) is 3.50. The van der Waals surface area contributed by atoms with Crippen LogP contribution in [0.15, 0.2) is 54.6 Å². The van der Waals surface area contributed by atoms with Crippen molar-refractivity contribution in [1.29, 1.82) is 0 Å². The molecular weight excluding hydrogens is 230 g/mol. The molecule has 0 bridgehead atoms. The molecule has 2 aromatic rings. The van der Waals surface area contributed by atoms with Gasteiger partial charge in [-0.1, -0.05) is 60.2 Å². The molecule has 0 radical (unpaired) electrons. The van der Waals surface area contributed by atoms with E-state index in [9.17, 15) is 0 Å². The summed E-state index contributed by atoms with van der Waals surface area (Å²) >= 11 is 0. The Morgan fingerprint density at radius 1 is 0.895 bits per heavy atom. The van der Waals surface area contributed by atoms with E-state index in [-0.39, 0.29) is 6.04 Å². The van der Waals surface area contributed by atoms with Crippen LogP contribution in [0.4, 0.5) is 0 Å². The van der Waals surface area contributed by atoms with Crippen molar-refractivity contribution in [2.75, 3.05) is 0 Å². The first-order valence-electron chi connectivity index (χ1n) is 7.09. The first kappa shape index (κ1) is 13.8. The van der Waals surface area contributed by atoms with Crippen LogP contribution < -0.4 is 5.73 Å². The van der Waals surface area contributed by atoms with Crippen molar-refractivity contribution in [2.45, 2.75) is 38.6 Å². The maximum Gasteiger partial charge on any atom is 0.00794 e. The molecule has 1 heteroatoms. The predicted molar refractivity (Wildman–Crippen MR) is 82.2 cm³/mol. The molecule has 0 saturated carbocycles. The molecule has 0 heterocycles. The van der Waals surface area contributed by atoms with Crippen molar-refractivity contribution in [1.82, 2.24) is 0 Å². The van der Waals surface area contributed by atoms with Gasteiger partial charge in [0.15, 0.2) is 0 Å². The van der Waals surface area contributed by atoms with Gasteiger partial charge in [0.25, 0.3) is 0 Å². The minimum Gasteiger partial charge on any atom is -0.327 e. The van der Waals surface area contributed by atoms with E-state index >= 15 is 0 Å². The maximum absolute atomic E-state index is 6.21. The fraction of sp³-hybridized carbons (Fsp3) is 0.333. The highest BCUT2D eigenvalue weighted by atomic mass is 14.6. The highest BCUT2D eigenvalue weighted by Gasteiger charge is 2.04.